The molecule has 0 aromatic carbocycles. The second-order valence-corrected chi connectivity index (χ2v) is 5.69. The van der Waals surface area contributed by atoms with Crippen LogP contribution >= 0.6 is 19.3 Å². The van der Waals surface area contributed by atoms with Gasteiger partial charge in [0.05, 0.1) is 6.61 Å². The molecule has 0 unspecified atom stereocenters. The van der Waals surface area contributed by atoms with Gasteiger partial charge in [-0.15, -0.1) is 0 Å². The average molecular weight is 285 g/mol. The smallest absolute Gasteiger partial charge is 0.300 e. The molecule has 0 radical (unpaired) electrons. The van der Waals surface area contributed by atoms with Crippen molar-refractivity contribution in [3.05, 3.63) is 0 Å². The third-order valence-corrected chi connectivity index (χ3v) is 4.46. The van der Waals surface area contributed by atoms with Crippen LogP contribution < -0.4 is 0 Å². The molecule has 0 aromatic heterocycles. The van der Waals surface area contributed by atoms with E-state index in [4.69, 9.17) is 20.7 Å². The molecule has 0 aliphatic carbocycles. The van der Waals surface area contributed by atoms with Crippen molar-refractivity contribution in [2.45, 2.75) is 40.5 Å². The van der Waals surface area contributed by atoms with Crippen LogP contribution in [-0.2, 0) is 13.7 Å². The summed E-state index contributed by atoms with van der Waals surface area (Å²) in [6.07, 6.45) is 1.46. The minimum absolute atomic E-state index is 0.300. The first kappa shape index (κ1) is 16.9. The Kier molecular flexibility index (Phi) is 8.88. The van der Waals surface area contributed by atoms with E-state index >= 15 is 0 Å². The van der Waals surface area contributed by atoms with Crippen molar-refractivity contribution in [2.75, 3.05) is 19.7 Å². The van der Waals surface area contributed by atoms with Crippen molar-refractivity contribution >= 4 is 24.5 Å². The van der Waals surface area contributed by atoms with E-state index in [1.165, 1.54) is 0 Å². The van der Waals surface area contributed by atoms with Crippen LogP contribution in [0, 0.1) is 0 Å². The maximum Gasteiger partial charge on any atom is 0.481 e. The molecule has 0 amide bonds. The van der Waals surface area contributed by atoms with Gasteiger partial charge in [-0.2, -0.15) is 4.67 Å². The monoisotopic (exact) mass is 284 g/mol. The summed E-state index contributed by atoms with van der Waals surface area (Å²) in [6, 6.07) is 0. The molecule has 0 heterocycles. The lowest BCUT2D eigenvalue weighted by molar-refractivity contribution is 0.170. The van der Waals surface area contributed by atoms with E-state index in [2.05, 4.69) is 5.16 Å². The van der Waals surface area contributed by atoms with Gasteiger partial charge in [0.1, 0.15) is 5.17 Å². The van der Waals surface area contributed by atoms with Crippen molar-refractivity contribution in [1.82, 2.24) is 4.67 Å². The second kappa shape index (κ2) is 8.92. The van der Waals surface area contributed by atoms with Crippen LogP contribution in [0.2, 0.25) is 0 Å². The summed E-state index contributed by atoms with van der Waals surface area (Å²) in [6.45, 7) is 8.94. The van der Waals surface area contributed by atoms with E-state index in [9.17, 15) is 4.57 Å². The zero-order chi connectivity index (χ0) is 13.3. The molecule has 0 fully saturated rings. The topological polar surface area (TPSA) is 51.1 Å². The molecule has 102 valence electrons. The van der Waals surface area contributed by atoms with Crippen molar-refractivity contribution in [3.63, 3.8) is 0 Å². The molecule has 17 heavy (non-hydrogen) atoms. The molecular weight excluding hydrogens is 263 g/mol. The highest BCUT2D eigenvalue weighted by molar-refractivity contribution is 7.51. The molecule has 7 heteroatoms. The molecule has 0 aliphatic heterocycles. The largest absolute Gasteiger partial charge is 0.481 e. The van der Waals surface area contributed by atoms with E-state index in [-0.39, 0.29) is 0 Å². The average Bonchev–Trinajstić information content (AvgIpc) is 2.29. The lowest BCUT2D eigenvalue weighted by atomic mass is 10.4. The van der Waals surface area contributed by atoms with Gasteiger partial charge in [0, 0.05) is 19.5 Å². The Hall–Kier alpha value is -0.0900. The quantitative estimate of drug-likeness (QED) is 0.367. The normalized spacial score (nSPS) is 16.0. The first-order valence-corrected chi connectivity index (χ1v) is 7.82. The molecule has 0 spiro atoms. The van der Waals surface area contributed by atoms with Crippen LogP contribution in [0.4, 0.5) is 0 Å². The van der Waals surface area contributed by atoms with Crippen LogP contribution in [0.25, 0.3) is 0 Å². The predicted molar refractivity (Wildman–Crippen MR) is 71.4 cm³/mol. The maximum absolute atomic E-state index is 12.4. The Labute approximate surface area is 109 Å². The van der Waals surface area contributed by atoms with Crippen molar-refractivity contribution in [1.29, 1.82) is 0 Å². The van der Waals surface area contributed by atoms with E-state index in [1.807, 2.05) is 20.8 Å². The van der Waals surface area contributed by atoms with Crippen molar-refractivity contribution in [2.24, 2.45) is 5.16 Å². The molecule has 0 rings (SSSR count). The summed E-state index contributed by atoms with van der Waals surface area (Å²) in [5, 5.41) is 3.98. The summed E-state index contributed by atoms with van der Waals surface area (Å²) in [5.74, 6) is 0. The van der Waals surface area contributed by atoms with Crippen LogP contribution in [-0.4, -0.2) is 29.5 Å². The number of halogens is 1. The third-order valence-electron chi connectivity index (χ3n) is 2.07. The summed E-state index contributed by atoms with van der Waals surface area (Å²) in [5.41, 5.74) is 0. The van der Waals surface area contributed by atoms with E-state index in [0.717, 1.165) is 6.42 Å². The van der Waals surface area contributed by atoms with Gasteiger partial charge in [0.2, 0.25) is 0 Å². The Balaban J connectivity index is 4.72. The lowest BCUT2D eigenvalue weighted by Gasteiger charge is -2.25. The first-order chi connectivity index (χ1) is 8.03. The fourth-order valence-electron chi connectivity index (χ4n) is 1.24. The standard InChI is InChI=1S/C10H22ClN2O3P/c1-5-9-10(11)12-16-17(14,15-8-4)13(6-2)7-3/h5-9H2,1-4H3/b12-10-/t17-/m1/s1. The second-order valence-electron chi connectivity index (χ2n) is 3.32. The fourth-order valence-corrected chi connectivity index (χ4v) is 3.04. The van der Waals surface area contributed by atoms with Gasteiger partial charge in [-0.1, -0.05) is 37.5 Å². The van der Waals surface area contributed by atoms with Crippen LogP contribution in [0.15, 0.2) is 5.16 Å². The zero-order valence-electron chi connectivity index (χ0n) is 11.0. The van der Waals surface area contributed by atoms with Gasteiger partial charge >= 0.3 is 7.75 Å². The summed E-state index contributed by atoms with van der Waals surface area (Å²) in [7, 11) is -3.35. The van der Waals surface area contributed by atoms with Crippen molar-refractivity contribution < 1.29 is 13.7 Å². The highest BCUT2D eigenvalue weighted by atomic mass is 35.5. The number of rotatable bonds is 9. The Bertz CT molecular complexity index is 283. The van der Waals surface area contributed by atoms with Gasteiger partial charge in [-0.05, 0) is 13.3 Å². The molecule has 0 N–H and O–H groups in total. The van der Waals surface area contributed by atoms with Gasteiger partial charge in [-0.3, -0.25) is 4.52 Å². The van der Waals surface area contributed by atoms with Gasteiger partial charge in [0.25, 0.3) is 0 Å². The molecular formula is C10H22ClN2O3P. The summed E-state index contributed by atoms with van der Waals surface area (Å²) >= 11 is 5.81. The van der Waals surface area contributed by atoms with E-state index in [0.29, 0.717) is 31.3 Å². The molecule has 0 aliphatic rings. The SMILES string of the molecule is CCC/C(Cl)=N/O[P@](=O)(OCC)N(CC)CC. The lowest BCUT2D eigenvalue weighted by Crippen LogP contribution is -2.21. The van der Waals surface area contributed by atoms with Crippen LogP contribution in [0.5, 0.6) is 0 Å². The van der Waals surface area contributed by atoms with E-state index < -0.39 is 7.75 Å². The van der Waals surface area contributed by atoms with E-state index in [1.54, 1.807) is 11.6 Å². The van der Waals surface area contributed by atoms with Crippen molar-refractivity contribution in [3.8, 4) is 0 Å². The Morgan fingerprint density at radius 2 is 1.88 bits per heavy atom. The van der Waals surface area contributed by atoms with Gasteiger partial charge in [0.15, 0.2) is 0 Å². The Morgan fingerprint density at radius 1 is 1.29 bits per heavy atom. The highest BCUT2D eigenvalue weighted by Crippen LogP contribution is 2.51. The molecule has 0 saturated carbocycles. The summed E-state index contributed by atoms with van der Waals surface area (Å²) in [4.78, 5) is 0. The maximum atomic E-state index is 12.4. The van der Waals surface area contributed by atoms with Crippen LogP contribution in [0.3, 0.4) is 0 Å². The molecule has 5 nitrogen and oxygen atoms in total. The minimum Gasteiger partial charge on any atom is -0.300 e. The highest BCUT2D eigenvalue weighted by Gasteiger charge is 2.33. The number of hydrogen-bond acceptors (Lipinski definition) is 4. The summed E-state index contributed by atoms with van der Waals surface area (Å²) < 4.78 is 24.2. The first-order valence-electron chi connectivity index (χ1n) is 5.95. The predicted octanol–water partition coefficient (Wildman–Crippen LogP) is 3.84. The molecule has 0 bridgehead atoms. The Morgan fingerprint density at radius 3 is 2.29 bits per heavy atom. The minimum atomic E-state index is -3.35. The molecule has 0 saturated heterocycles. The zero-order valence-corrected chi connectivity index (χ0v) is 12.6. The fraction of sp³-hybridized carbons (Fsp3) is 0.900. The molecule has 1 atom stereocenters. The molecule has 0 aromatic rings. The van der Waals surface area contributed by atoms with Crippen LogP contribution in [0.1, 0.15) is 40.5 Å². The number of nitrogens with zero attached hydrogens (tertiary/aromatic N) is 2. The number of hydrogen-bond donors (Lipinski definition) is 0. The van der Waals surface area contributed by atoms with Gasteiger partial charge in [-0.25, -0.2) is 4.57 Å². The van der Waals surface area contributed by atoms with Gasteiger partial charge < -0.3 is 4.62 Å². The number of oxime groups is 1. The third kappa shape index (κ3) is 5.87.